The summed E-state index contributed by atoms with van der Waals surface area (Å²) in [5, 5.41) is 9.09. The van der Waals surface area contributed by atoms with Crippen molar-refractivity contribution in [3.8, 4) is 0 Å². The maximum Gasteiger partial charge on any atom is 0.341 e. The number of carboxylic acids is 1. The topological polar surface area (TPSA) is 59.3 Å². The molecule has 0 saturated heterocycles. The largest absolute Gasteiger partial charge is 0.477 e. The van der Waals surface area contributed by atoms with Crippen molar-refractivity contribution in [2.24, 2.45) is 5.92 Å². The highest BCUT2D eigenvalue weighted by molar-refractivity contribution is 5.88. The molecule has 0 aromatic carbocycles. The van der Waals surface area contributed by atoms with Gasteiger partial charge in [0.2, 0.25) is 0 Å². The Hall–Kier alpha value is -1.58. The van der Waals surface area contributed by atoms with Crippen LogP contribution in [0.4, 0.5) is 0 Å². The smallest absolute Gasteiger partial charge is 0.341 e. The second kappa shape index (κ2) is 5.85. The van der Waals surface area contributed by atoms with Crippen molar-refractivity contribution in [2.45, 2.75) is 47.1 Å². The Bertz CT molecular complexity index is 502. The number of hydrogen-bond acceptors (Lipinski definition) is 2. The van der Waals surface area contributed by atoms with E-state index < -0.39 is 5.97 Å². The molecule has 1 aromatic rings. The lowest BCUT2D eigenvalue weighted by Gasteiger charge is -2.16. The molecule has 0 amide bonds. The van der Waals surface area contributed by atoms with Gasteiger partial charge in [-0.25, -0.2) is 4.79 Å². The molecule has 1 rings (SSSR count). The molecule has 18 heavy (non-hydrogen) atoms. The van der Waals surface area contributed by atoms with E-state index in [1.54, 1.807) is 17.6 Å². The van der Waals surface area contributed by atoms with Gasteiger partial charge in [0.25, 0.3) is 5.56 Å². The van der Waals surface area contributed by atoms with Crippen molar-refractivity contribution in [2.75, 3.05) is 0 Å². The third-order valence-corrected chi connectivity index (χ3v) is 3.19. The Balaban J connectivity index is 3.24. The summed E-state index contributed by atoms with van der Waals surface area (Å²) < 4.78 is 1.58. The Morgan fingerprint density at radius 1 is 1.44 bits per heavy atom. The van der Waals surface area contributed by atoms with Gasteiger partial charge >= 0.3 is 5.97 Å². The number of aryl methyl sites for hydroxylation is 2. The lowest BCUT2D eigenvalue weighted by Crippen LogP contribution is -2.31. The predicted molar refractivity (Wildman–Crippen MR) is 71.2 cm³/mol. The fraction of sp³-hybridized carbons (Fsp3) is 0.571. The van der Waals surface area contributed by atoms with E-state index in [9.17, 15) is 9.59 Å². The van der Waals surface area contributed by atoms with Gasteiger partial charge in [-0.3, -0.25) is 4.79 Å². The zero-order chi connectivity index (χ0) is 13.9. The second-order valence-corrected chi connectivity index (χ2v) is 4.96. The van der Waals surface area contributed by atoms with Crippen LogP contribution in [0.2, 0.25) is 0 Å². The molecule has 4 nitrogen and oxygen atoms in total. The summed E-state index contributed by atoms with van der Waals surface area (Å²) in [6, 6.07) is 1.77. The van der Waals surface area contributed by atoms with Crippen LogP contribution in [0.25, 0.3) is 0 Å². The maximum absolute atomic E-state index is 12.2. The standard InChI is InChI=1S/C14H21NO3/c1-5-6-9(2)8-15-11(4)7-10(3)12(13(15)16)14(17)18/h7,9H,5-6,8H2,1-4H3,(H,17,18). The summed E-state index contributed by atoms with van der Waals surface area (Å²) in [4.78, 5) is 23.3. The molecule has 1 N–H and O–H groups in total. The van der Waals surface area contributed by atoms with Crippen LogP contribution in [0.3, 0.4) is 0 Å². The lowest BCUT2D eigenvalue weighted by molar-refractivity contribution is 0.0693. The third kappa shape index (κ3) is 3.00. The Morgan fingerprint density at radius 3 is 2.56 bits per heavy atom. The molecule has 0 aliphatic carbocycles. The van der Waals surface area contributed by atoms with Crippen molar-refractivity contribution < 1.29 is 9.90 Å². The van der Waals surface area contributed by atoms with Gasteiger partial charge in [0, 0.05) is 12.2 Å². The van der Waals surface area contributed by atoms with Crippen LogP contribution in [0.1, 0.15) is 48.3 Å². The monoisotopic (exact) mass is 251 g/mol. The first-order valence-corrected chi connectivity index (χ1v) is 6.32. The maximum atomic E-state index is 12.2. The molecule has 4 heteroatoms. The van der Waals surface area contributed by atoms with E-state index in [0.717, 1.165) is 18.5 Å². The minimum Gasteiger partial charge on any atom is -0.477 e. The highest BCUT2D eigenvalue weighted by Gasteiger charge is 2.17. The van der Waals surface area contributed by atoms with Crippen LogP contribution in [0.15, 0.2) is 10.9 Å². The molecule has 0 saturated carbocycles. The van der Waals surface area contributed by atoms with E-state index in [1.165, 1.54) is 0 Å². The average molecular weight is 251 g/mol. The fourth-order valence-corrected chi connectivity index (χ4v) is 2.31. The Kier molecular flexibility index (Phi) is 4.70. The fourth-order valence-electron chi connectivity index (χ4n) is 2.31. The Morgan fingerprint density at radius 2 is 2.06 bits per heavy atom. The van der Waals surface area contributed by atoms with E-state index in [-0.39, 0.29) is 11.1 Å². The average Bonchev–Trinajstić information content (AvgIpc) is 2.23. The number of hydrogen-bond donors (Lipinski definition) is 1. The van der Waals surface area contributed by atoms with E-state index in [0.29, 0.717) is 18.0 Å². The van der Waals surface area contributed by atoms with Gasteiger partial charge in [-0.15, -0.1) is 0 Å². The lowest BCUT2D eigenvalue weighted by atomic mass is 10.0. The number of carbonyl (C=O) groups is 1. The minimum absolute atomic E-state index is 0.107. The van der Waals surface area contributed by atoms with E-state index in [1.807, 2.05) is 6.92 Å². The normalized spacial score (nSPS) is 12.4. The highest BCUT2D eigenvalue weighted by Crippen LogP contribution is 2.11. The van der Waals surface area contributed by atoms with Gasteiger partial charge in [0.15, 0.2) is 0 Å². The van der Waals surface area contributed by atoms with Gasteiger partial charge in [-0.2, -0.15) is 0 Å². The number of aromatic carboxylic acids is 1. The molecular weight excluding hydrogens is 230 g/mol. The number of nitrogens with zero attached hydrogens (tertiary/aromatic N) is 1. The predicted octanol–water partition coefficient (Wildman–Crippen LogP) is 2.60. The zero-order valence-electron chi connectivity index (χ0n) is 11.5. The van der Waals surface area contributed by atoms with E-state index >= 15 is 0 Å². The van der Waals surface area contributed by atoms with Gasteiger partial charge in [0.05, 0.1) is 0 Å². The van der Waals surface area contributed by atoms with Crippen LogP contribution in [-0.2, 0) is 6.54 Å². The van der Waals surface area contributed by atoms with Gasteiger partial charge < -0.3 is 9.67 Å². The summed E-state index contributed by atoms with van der Waals surface area (Å²) in [6.45, 7) is 8.27. The SMILES string of the molecule is CCCC(C)Cn1c(C)cc(C)c(C(=O)O)c1=O. The molecule has 1 aromatic heterocycles. The number of rotatable bonds is 5. The molecular formula is C14H21NO3. The van der Waals surface area contributed by atoms with Crippen LogP contribution < -0.4 is 5.56 Å². The van der Waals surface area contributed by atoms with Crippen LogP contribution >= 0.6 is 0 Å². The van der Waals surface area contributed by atoms with Crippen LogP contribution in [0.5, 0.6) is 0 Å². The molecule has 100 valence electrons. The number of aromatic nitrogens is 1. The van der Waals surface area contributed by atoms with Gasteiger partial charge in [-0.05, 0) is 37.8 Å². The molecule has 1 atom stereocenters. The summed E-state index contributed by atoms with van der Waals surface area (Å²) in [5.41, 5.74) is 0.863. The Labute approximate surface area is 107 Å². The summed E-state index contributed by atoms with van der Waals surface area (Å²) in [7, 11) is 0. The molecule has 0 spiro atoms. The van der Waals surface area contributed by atoms with E-state index in [2.05, 4.69) is 13.8 Å². The molecule has 0 aliphatic rings. The van der Waals surface area contributed by atoms with Crippen LogP contribution in [0, 0.1) is 19.8 Å². The first kappa shape index (κ1) is 14.5. The van der Waals surface area contributed by atoms with Crippen molar-refractivity contribution >= 4 is 5.97 Å². The minimum atomic E-state index is -1.14. The van der Waals surface area contributed by atoms with Gasteiger partial charge in [-0.1, -0.05) is 20.3 Å². The van der Waals surface area contributed by atoms with Gasteiger partial charge in [0.1, 0.15) is 5.56 Å². The second-order valence-electron chi connectivity index (χ2n) is 4.96. The number of carboxylic acid groups (broad SMARTS) is 1. The first-order chi connectivity index (χ1) is 8.38. The molecule has 0 aliphatic heterocycles. The molecule has 1 heterocycles. The molecule has 0 fully saturated rings. The first-order valence-electron chi connectivity index (χ1n) is 6.32. The van der Waals surface area contributed by atoms with E-state index in [4.69, 9.17) is 5.11 Å². The zero-order valence-corrected chi connectivity index (χ0v) is 11.5. The van der Waals surface area contributed by atoms with Crippen molar-refractivity contribution in [1.29, 1.82) is 0 Å². The number of pyridine rings is 1. The highest BCUT2D eigenvalue weighted by atomic mass is 16.4. The molecule has 0 radical (unpaired) electrons. The van der Waals surface area contributed by atoms with Crippen molar-refractivity contribution in [3.63, 3.8) is 0 Å². The molecule has 1 unspecified atom stereocenters. The summed E-state index contributed by atoms with van der Waals surface area (Å²) >= 11 is 0. The quantitative estimate of drug-likeness (QED) is 0.875. The summed E-state index contributed by atoms with van der Waals surface area (Å²) in [6.07, 6.45) is 2.09. The van der Waals surface area contributed by atoms with Crippen LogP contribution in [-0.4, -0.2) is 15.6 Å². The third-order valence-electron chi connectivity index (χ3n) is 3.19. The van der Waals surface area contributed by atoms with Crippen molar-refractivity contribution in [3.05, 3.63) is 33.2 Å². The molecule has 0 bridgehead atoms. The van der Waals surface area contributed by atoms with Crippen molar-refractivity contribution in [1.82, 2.24) is 4.57 Å². The summed E-state index contributed by atoms with van der Waals surface area (Å²) in [5.74, 6) is -0.773.